The van der Waals surface area contributed by atoms with E-state index in [0.717, 1.165) is 43.1 Å². The summed E-state index contributed by atoms with van der Waals surface area (Å²) in [4.78, 5) is 16.9. The number of halogens is 1. The minimum absolute atomic E-state index is 0.0479. The maximum absolute atomic E-state index is 13.1. The Bertz CT molecular complexity index is 746. The molecule has 0 saturated carbocycles. The molecule has 1 aliphatic rings. The molecule has 2 aromatic carbocycles. The van der Waals surface area contributed by atoms with Gasteiger partial charge in [-0.1, -0.05) is 0 Å². The summed E-state index contributed by atoms with van der Waals surface area (Å²) in [5, 5.41) is 0. The molecule has 0 radical (unpaired) electrons. The van der Waals surface area contributed by atoms with Crippen LogP contribution in [-0.2, 0) is 0 Å². The Labute approximate surface area is 147 Å². The molecule has 5 heteroatoms. The smallest absolute Gasteiger partial charge is 0.253 e. The van der Waals surface area contributed by atoms with Gasteiger partial charge in [0.05, 0.1) is 7.11 Å². The summed E-state index contributed by atoms with van der Waals surface area (Å²) in [6.45, 7) is 4.92. The number of carbonyl (C=O) groups is 1. The molecular formula is C20H23FN2O2. The van der Waals surface area contributed by atoms with Gasteiger partial charge < -0.3 is 14.5 Å². The van der Waals surface area contributed by atoms with Gasteiger partial charge in [-0.15, -0.1) is 0 Å². The highest BCUT2D eigenvalue weighted by Gasteiger charge is 2.21. The fraction of sp³-hybridized carbons (Fsp3) is 0.350. The number of ether oxygens (including phenoxy) is 1. The van der Waals surface area contributed by atoms with E-state index in [1.54, 1.807) is 19.2 Å². The molecule has 0 spiro atoms. The van der Waals surface area contributed by atoms with Crippen LogP contribution in [-0.4, -0.2) is 44.1 Å². The molecule has 0 bridgehead atoms. The average molecular weight is 342 g/mol. The predicted molar refractivity (Wildman–Crippen MR) is 96.9 cm³/mol. The number of amides is 1. The molecule has 0 N–H and O–H groups in total. The van der Waals surface area contributed by atoms with Crippen molar-refractivity contribution in [1.82, 2.24) is 4.90 Å². The lowest BCUT2D eigenvalue weighted by Crippen LogP contribution is -2.35. The Morgan fingerprint density at radius 2 is 1.80 bits per heavy atom. The highest BCUT2D eigenvalue weighted by molar-refractivity contribution is 5.94. The third-order valence-electron chi connectivity index (χ3n) is 4.62. The zero-order chi connectivity index (χ0) is 17.8. The Hall–Kier alpha value is -2.56. The second-order valence-electron chi connectivity index (χ2n) is 6.29. The van der Waals surface area contributed by atoms with Crippen LogP contribution < -0.4 is 9.64 Å². The Morgan fingerprint density at radius 3 is 2.48 bits per heavy atom. The van der Waals surface area contributed by atoms with Gasteiger partial charge in [-0.3, -0.25) is 4.79 Å². The molecule has 132 valence electrons. The number of benzene rings is 2. The van der Waals surface area contributed by atoms with Gasteiger partial charge in [0.25, 0.3) is 5.91 Å². The largest absolute Gasteiger partial charge is 0.496 e. The molecule has 0 unspecified atom stereocenters. The number of hydrogen-bond donors (Lipinski definition) is 0. The number of aryl methyl sites for hydroxylation is 1. The minimum Gasteiger partial charge on any atom is -0.496 e. The molecule has 1 amide bonds. The summed E-state index contributed by atoms with van der Waals surface area (Å²) >= 11 is 0. The number of anilines is 1. The average Bonchev–Trinajstić information content (AvgIpc) is 2.88. The van der Waals surface area contributed by atoms with Gasteiger partial charge in [0.15, 0.2) is 0 Å². The normalized spacial score (nSPS) is 15.0. The number of methoxy groups -OCH3 is 1. The van der Waals surface area contributed by atoms with E-state index in [4.69, 9.17) is 4.74 Å². The van der Waals surface area contributed by atoms with Crippen LogP contribution in [0.1, 0.15) is 22.3 Å². The van der Waals surface area contributed by atoms with E-state index in [1.165, 1.54) is 12.1 Å². The van der Waals surface area contributed by atoms with Crippen LogP contribution in [0.2, 0.25) is 0 Å². The van der Waals surface area contributed by atoms with Gasteiger partial charge in [-0.05, 0) is 61.4 Å². The summed E-state index contributed by atoms with van der Waals surface area (Å²) in [6.07, 6.45) is 0.887. The third-order valence-corrected chi connectivity index (χ3v) is 4.62. The lowest BCUT2D eigenvalue weighted by atomic mass is 10.1. The van der Waals surface area contributed by atoms with E-state index in [2.05, 4.69) is 4.90 Å². The van der Waals surface area contributed by atoms with Gasteiger partial charge >= 0.3 is 0 Å². The second-order valence-corrected chi connectivity index (χ2v) is 6.29. The van der Waals surface area contributed by atoms with Gasteiger partial charge in [-0.2, -0.15) is 0 Å². The molecule has 25 heavy (non-hydrogen) atoms. The zero-order valence-corrected chi connectivity index (χ0v) is 14.7. The Kier molecular flexibility index (Phi) is 5.22. The van der Waals surface area contributed by atoms with Crippen molar-refractivity contribution in [3.8, 4) is 5.75 Å². The molecule has 2 aromatic rings. The van der Waals surface area contributed by atoms with Gasteiger partial charge in [0.2, 0.25) is 0 Å². The fourth-order valence-electron chi connectivity index (χ4n) is 3.22. The first-order chi connectivity index (χ1) is 12.1. The number of nitrogens with zero attached hydrogens (tertiary/aromatic N) is 2. The quantitative estimate of drug-likeness (QED) is 0.856. The van der Waals surface area contributed by atoms with Crippen molar-refractivity contribution in [3.05, 3.63) is 59.4 Å². The lowest BCUT2D eigenvalue weighted by Gasteiger charge is -2.24. The predicted octanol–water partition coefficient (Wildman–Crippen LogP) is 3.50. The zero-order valence-electron chi connectivity index (χ0n) is 14.7. The van der Waals surface area contributed by atoms with E-state index < -0.39 is 0 Å². The van der Waals surface area contributed by atoms with Crippen LogP contribution in [0.3, 0.4) is 0 Å². The highest BCUT2D eigenvalue weighted by atomic mass is 19.1. The van der Waals surface area contributed by atoms with Gasteiger partial charge in [0, 0.05) is 37.4 Å². The van der Waals surface area contributed by atoms with Crippen LogP contribution in [0.4, 0.5) is 10.1 Å². The monoisotopic (exact) mass is 342 g/mol. The summed E-state index contributed by atoms with van der Waals surface area (Å²) < 4.78 is 18.4. The van der Waals surface area contributed by atoms with Crippen LogP contribution in [0, 0.1) is 12.7 Å². The van der Waals surface area contributed by atoms with Crippen molar-refractivity contribution >= 4 is 11.6 Å². The standard InChI is InChI=1S/C20H23FN2O2/c1-15-14-16(4-9-19(15)25-2)20(24)23-11-3-10-22(12-13-23)18-7-5-17(21)6-8-18/h4-9,14H,3,10-13H2,1-2H3. The second kappa shape index (κ2) is 7.55. The maximum atomic E-state index is 13.1. The van der Waals surface area contributed by atoms with E-state index in [1.807, 2.05) is 30.0 Å². The van der Waals surface area contributed by atoms with Crippen LogP contribution in [0.5, 0.6) is 5.75 Å². The molecule has 1 fully saturated rings. The highest BCUT2D eigenvalue weighted by Crippen LogP contribution is 2.21. The third kappa shape index (κ3) is 3.92. The Balaban J connectivity index is 1.69. The van der Waals surface area contributed by atoms with Crippen molar-refractivity contribution in [2.24, 2.45) is 0 Å². The fourth-order valence-corrected chi connectivity index (χ4v) is 3.22. The SMILES string of the molecule is COc1ccc(C(=O)N2CCCN(c3ccc(F)cc3)CC2)cc1C. The van der Waals surface area contributed by atoms with Gasteiger partial charge in [-0.25, -0.2) is 4.39 Å². The molecule has 1 aliphatic heterocycles. The molecule has 0 aromatic heterocycles. The van der Waals surface area contributed by atoms with Crippen molar-refractivity contribution in [3.63, 3.8) is 0 Å². The van der Waals surface area contributed by atoms with Crippen molar-refractivity contribution < 1.29 is 13.9 Å². The first-order valence-electron chi connectivity index (χ1n) is 8.53. The molecule has 4 nitrogen and oxygen atoms in total. The molecule has 3 rings (SSSR count). The molecule has 1 saturated heterocycles. The van der Waals surface area contributed by atoms with Crippen molar-refractivity contribution in [2.45, 2.75) is 13.3 Å². The maximum Gasteiger partial charge on any atom is 0.253 e. The molecule has 0 aliphatic carbocycles. The topological polar surface area (TPSA) is 32.8 Å². The van der Waals surface area contributed by atoms with E-state index in [0.29, 0.717) is 12.1 Å². The summed E-state index contributed by atoms with van der Waals surface area (Å²) in [5.41, 5.74) is 2.64. The first-order valence-corrected chi connectivity index (χ1v) is 8.53. The van der Waals surface area contributed by atoms with Crippen LogP contribution in [0.25, 0.3) is 0 Å². The van der Waals surface area contributed by atoms with Gasteiger partial charge in [0.1, 0.15) is 11.6 Å². The molecule has 1 heterocycles. The first kappa shape index (κ1) is 17.3. The molecule has 0 atom stereocenters. The van der Waals surface area contributed by atoms with E-state index in [9.17, 15) is 9.18 Å². The number of hydrogen-bond acceptors (Lipinski definition) is 3. The van der Waals surface area contributed by atoms with E-state index >= 15 is 0 Å². The number of carbonyl (C=O) groups excluding carboxylic acids is 1. The van der Waals surface area contributed by atoms with Crippen molar-refractivity contribution in [1.29, 1.82) is 0 Å². The summed E-state index contributed by atoms with van der Waals surface area (Å²) in [6, 6.07) is 12.1. The lowest BCUT2D eigenvalue weighted by molar-refractivity contribution is 0.0767. The number of rotatable bonds is 3. The van der Waals surface area contributed by atoms with E-state index in [-0.39, 0.29) is 11.7 Å². The van der Waals surface area contributed by atoms with Crippen LogP contribution in [0.15, 0.2) is 42.5 Å². The molecular weight excluding hydrogens is 319 g/mol. The Morgan fingerprint density at radius 1 is 1.04 bits per heavy atom. The summed E-state index contributed by atoms with van der Waals surface area (Å²) in [5.74, 6) is 0.604. The van der Waals surface area contributed by atoms with Crippen LogP contribution >= 0.6 is 0 Å². The van der Waals surface area contributed by atoms with Crippen molar-refractivity contribution in [2.75, 3.05) is 38.2 Å². The minimum atomic E-state index is -0.231. The summed E-state index contributed by atoms with van der Waals surface area (Å²) in [7, 11) is 1.63.